The van der Waals surface area contributed by atoms with E-state index in [9.17, 15) is 4.79 Å². The van der Waals surface area contributed by atoms with Gasteiger partial charge in [0.1, 0.15) is 13.2 Å². The summed E-state index contributed by atoms with van der Waals surface area (Å²) in [6.07, 6.45) is 2.48. The Morgan fingerprint density at radius 2 is 1.94 bits per heavy atom. The van der Waals surface area contributed by atoms with Gasteiger partial charge in [-0.2, -0.15) is 0 Å². The lowest BCUT2D eigenvalue weighted by Crippen LogP contribution is -2.25. The third-order valence-corrected chi connectivity index (χ3v) is 3.50. The molecule has 1 fully saturated rings. The molecule has 1 aliphatic carbocycles. The third-order valence-electron chi connectivity index (χ3n) is 3.21. The van der Waals surface area contributed by atoms with Crippen molar-refractivity contribution in [2.75, 3.05) is 13.2 Å². The highest BCUT2D eigenvalue weighted by Gasteiger charge is 2.45. The number of rotatable bonds is 2. The molecule has 0 saturated heterocycles. The first kappa shape index (κ1) is 10.9. The number of hydrogen-bond acceptors (Lipinski definition) is 4. The van der Waals surface area contributed by atoms with E-state index in [-0.39, 0.29) is 0 Å². The van der Waals surface area contributed by atoms with Crippen LogP contribution >= 0.6 is 11.6 Å². The summed E-state index contributed by atoms with van der Waals surface area (Å²) in [5.41, 5.74) is 6.95. The molecular weight excluding hydrogens is 242 g/mol. The van der Waals surface area contributed by atoms with Crippen molar-refractivity contribution >= 4 is 17.9 Å². The van der Waals surface area contributed by atoms with E-state index >= 15 is 0 Å². The van der Waals surface area contributed by atoms with E-state index in [1.807, 2.05) is 0 Å². The fourth-order valence-electron chi connectivity index (χ4n) is 2.14. The van der Waals surface area contributed by atoms with Gasteiger partial charge in [-0.1, -0.05) is 11.6 Å². The van der Waals surface area contributed by atoms with Gasteiger partial charge in [-0.15, -0.1) is 0 Å². The summed E-state index contributed by atoms with van der Waals surface area (Å²) >= 11 is 6.20. The van der Waals surface area contributed by atoms with Crippen molar-refractivity contribution in [3.8, 4) is 11.5 Å². The Kier molecular flexibility index (Phi) is 2.31. The van der Waals surface area contributed by atoms with Crippen molar-refractivity contribution in [3.05, 3.63) is 22.2 Å². The van der Waals surface area contributed by atoms with E-state index in [1.54, 1.807) is 6.07 Å². The normalized spacial score (nSPS) is 19.9. The minimum atomic E-state index is -0.413. The number of carbonyl (C=O) groups is 1. The Labute approximate surface area is 104 Å². The summed E-state index contributed by atoms with van der Waals surface area (Å²) in [5.74, 6) is 1.02. The Balaban J connectivity index is 2.24. The molecular formula is C12H12ClNO3. The molecule has 90 valence electrons. The minimum absolute atomic E-state index is 0.413. The average Bonchev–Trinajstić information content (AvgIpc) is 3.06. The molecule has 0 bridgehead atoms. The number of aldehydes is 1. The van der Waals surface area contributed by atoms with Gasteiger partial charge in [0.2, 0.25) is 0 Å². The molecule has 5 heteroatoms. The number of ether oxygens (including phenoxy) is 2. The Morgan fingerprint density at radius 1 is 1.29 bits per heavy atom. The van der Waals surface area contributed by atoms with Gasteiger partial charge in [-0.3, -0.25) is 4.79 Å². The number of carbonyl (C=O) groups excluding carboxylic acids is 1. The molecule has 3 rings (SSSR count). The second-order valence-electron chi connectivity index (χ2n) is 4.45. The molecule has 17 heavy (non-hydrogen) atoms. The lowest BCUT2D eigenvalue weighted by Gasteiger charge is -2.25. The van der Waals surface area contributed by atoms with Crippen LogP contribution in [-0.2, 0) is 5.54 Å². The molecule has 1 heterocycles. The molecule has 1 aromatic carbocycles. The van der Waals surface area contributed by atoms with Crippen LogP contribution in [0, 0.1) is 0 Å². The molecule has 4 nitrogen and oxygen atoms in total. The summed E-state index contributed by atoms with van der Waals surface area (Å²) in [6.45, 7) is 0.890. The van der Waals surface area contributed by atoms with Crippen LogP contribution in [0.5, 0.6) is 11.5 Å². The van der Waals surface area contributed by atoms with E-state index in [2.05, 4.69) is 0 Å². The van der Waals surface area contributed by atoms with Gasteiger partial charge in [0.15, 0.2) is 17.8 Å². The van der Waals surface area contributed by atoms with Gasteiger partial charge >= 0.3 is 0 Å². The van der Waals surface area contributed by atoms with E-state index in [4.69, 9.17) is 26.8 Å². The molecule has 0 aromatic heterocycles. The number of benzene rings is 1. The molecule has 0 spiro atoms. The van der Waals surface area contributed by atoms with Crippen molar-refractivity contribution in [1.29, 1.82) is 0 Å². The highest BCUT2D eigenvalue weighted by atomic mass is 35.5. The van der Waals surface area contributed by atoms with Gasteiger partial charge in [0, 0.05) is 11.1 Å². The number of halogens is 1. The maximum Gasteiger partial charge on any atom is 0.172 e. The standard InChI is InChI=1S/C12H12ClNO3/c13-8-5-7(6-15)10-11(17-4-3-16-10)9(8)12(14)1-2-12/h5-6H,1-4,14H2. The maximum atomic E-state index is 11.0. The highest BCUT2D eigenvalue weighted by molar-refractivity contribution is 6.32. The number of nitrogens with two attached hydrogens (primary N) is 1. The lowest BCUT2D eigenvalue weighted by atomic mass is 10.0. The summed E-state index contributed by atoms with van der Waals surface area (Å²) in [5, 5.41) is 0.483. The Bertz CT molecular complexity index is 497. The zero-order chi connectivity index (χ0) is 12.0. The Hall–Kier alpha value is -1.26. The zero-order valence-corrected chi connectivity index (χ0v) is 9.92. The van der Waals surface area contributed by atoms with Crippen molar-refractivity contribution in [1.82, 2.24) is 0 Å². The first-order valence-electron chi connectivity index (χ1n) is 5.52. The van der Waals surface area contributed by atoms with Gasteiger partial charge in [0.05, 0.1) is 10.6 Å². The minimum Gasteiger partial charge on any atom is -0.486 e. The number of fused-ring (bicyclic) bond motifs is 1. The predicted molar refractivity (Wildman–Crippen MR) is 62.9 cm³/mol. The van der Waals surface area contributed by atoms with E-state index in [1.165, 1.54) is 0 Å². The third kappa shape index (κ3) is 1.59. The maximum absolute atomic E-state index is 11.0. The van der Waals surface area contributed by atoms with Crippen LogP contribution in [0.1, 0.15) is 28.8 Å². The quantitative estimate of drug-likeness (QED) is 0.818. The lowest BCUT2D eigenvalue weighted by molar-refractivity contribution is 0.111. The topological polar surface area (TPSA) is 61.6 Å². The monoisotopic (exact) mass is 253 g/mol. The summed E-state index contributed by atoms with van der Waals surface area (Å²) < 4.78 is 11.1. The molecule has 0 radical (unpaired) electrons. The molecule has 0 amide bonds. The van der Waals surface area contributed by atoms with E-state index < -0.39 is 5.54 Å². The molecule has 1 saturated carbocycles. The van der Waals surface area contributed by atoms with Crippen LogP contribution in [0.2, 0.25) is 5.02 Å². The largest absolute Gasteiger partial charge is 0.486 e. The number of hydrogen-bond donors (Lipinski definition) is 1. The molecule has 1 aliphatic heterocycles. The zero-order valence-electron chi connectivity index (χ0n) is 9.16. The van der Waals surface area contributed by atoms with Crippen molar-refractivity contribution < 1.29 is 14.3 Å². The average molecular weight is 254 g/mol. The molecule has 1 aromatic rings. The van der Waals surface area contributed by atoms with Gasteiger partial charge in [-0.05, 0) is 18.9 Å². The van der Waals surface area contributed by atoms with Crippen LogP contribution in [0.25, 0.3) is 0 Å². The SMILES string of the molecule is NC1(c2c(Cl)cc(C=O)c3c2OCCO3)CC1. The first-order chi connectivity index (χ1) is 8.15. The first-order valence-corrected chi connectivity index (χ1v) is 5.90. The smallest absolute Gasteiger partial charge is 0.172 e. The van der Waals surface area contributed by atoms with Crippen LogP contribution < -0.4 is 15.2 Å². The van der Waals surface area contributed by atoms with Crippen molar-refractivity contribution in [2.45, 2.75) is 18.4 Å². The highest BCUT2D eigenvalue weighted by Crippen LogP contribution is 2.53. The molecule has 0 unspecified atom stereocenters. The van der Waals surface area contributed by atoms with Crippen LogP contribution in [0.15, 0.2) is 6.07 Å². The summed E-state index contributed by atoms with van der Waals surface area (Å²) in [4.78, 5) is 11.0. The fraction of sp³-hybridized carbons (Fsp3) is 0.417. The molecule has 2 aliphatic rings. The summed E-state index contributed by atoms with van der Waals surface area (Å²) in [6, 6.07) is 1.60. The molecule has 0 atom stereocenters. The van der Waals surface area contributed by atoms with Crippen LogP contribution in [0.4, 0.5) is 0 Å². The van der Waals surface area contributed by atoms with Crippen LogP contribution in [0.3, 0.4) is 0 Å². The second kappa shape index (κ2) is 3.62. The van der Waals surface area contributed by atoms with E-state index in [0.29, 0.717) is 35.3 Å². The Morgan fingerprint density at radius 3 is 2.53 bits per heavy atom. The predicted octanol–water partition coefficient (Wildman–Crippen LogP) is 1.87. The molecule has 2 N–H and O–H groups in total. The van der Waals surface area contributed by atoms with Crippen molar-refractivity contribution in [2.24, 2.45) is 5.73 Å². The van der Waals surface area contributed by atoms with Crippen molar-refractivity contribution in [3.63, 3.8) is 0 Å². The van der Waals surface area contributed by atoms with Crippen LogP contribution in [-0.4, -0.2) is 19.5 Å². The fourth-order valence-corrected chi connectivity index (χ4v) is 2.53. The van der Waals surface area contributed by atoms with Gasteiger partial charge < -0.3 is 15.2 Å². The van der Waals surface area contributed by atoms with E-state index in [0.717, 1.165) is 24.7 Å². The van der Waals surface area contributed by atoms with Gasteiger partial charge in [0.25, 0.3) is 0 Å². The summed E-state index contributed by atoms with van der Waals surface area (Å²) in [7, 11) is 0. The van der Waals surface area contributed by atoms with Gasteiger partial charge in [-0.25, -0.2) is 0 Å². The second-order valence-corrected chi connectivity index (χ2v) is 4.86.